The number of carbonyl (C=O) groups is 1. The highest BCUT2D eigenvalue weighted by molar-refractivity contribution is 5.94. The second kappa shape index (κ2) is 7.37. The molecule has 2 saturated carbocycles. The molecule has 28 heavy (non-hydrogen) atoms. The van der Waals surface area contributed by atoms with Gasteiger partial charge in [0.1, 0.15) is 0 Å². The molecule has 1 amide bonds. The Hall–Kier alpha value is -1.55. The smallest absolute Gasteiger partial charge is 0.227 e. The van der Waals surface area contributed by atoms with E-state index in [0.29, 0.717) is 12.0 Å². The number of amides is 1. The van der Waals surface area contributed by atoms with Gasteiger partial charge in [0.2, 0.25) is 5.91 Å². The van der Waals surface area contributed by atoms with Crippen LogP contribution in [0.5, 0.6) is 0 Å². The molecule has 2 heterocycles. The first-order chi connectivity index (χ1) is 13.6. The lowest BCUT2D eigenvalue weighted by Crippen LogP contribution is -2.39. The van der Waals surface area contributed by atoms with Crippen molar-refractivity contribution in [1.29, 1.82) is 0 Å². The molecule has 0 radical (unpaired) electrons. The molecule has 1 aromatic carbocycles. The molecule has 2 aliphatic carbocycles. The summed E-state index contributed by atoms with van der Waals surface area (Å²) in [6.45, 7) is 8.07. The molecule has 3 unspecified atom stereocenters. The summed E-state index contributed by atoms with van der Waals surface area (Å²) in [7, 11) is 0. The van der Waals surface area contributed by atoms with Gasteiger partial charge in [0.05, 0.1) is 0 Å². The maximum Gasteiger partial charge on any atom is 0.227 e. The van der Waals surface area contributed by atoms with E-state index in [1.807, 2.05) is 0 Å². The van der Waals surface area contributed by atoms with Crippen LogP contribution < -0.4 is 10.2 Å². The van der Waals surface area contributed by atoms with Crippen molar-refractivity contribution in [3.8, 4) is 0 Å². The second-order valence-corrected chi connectivity index (χ2v) is 9.89. The maximum absolute atomic E-state index is 12.8. The summed E-state index contributed by atoms with van der Waals surface area (Å²) in [4.78, 5) is 18.0. The molecule has 2 bridgehead atoms. The first-order valence-corrected chi connectivity index (χ1v) is 11.5. The third-order valence-electron chi connectivity index (χ3n) is 8.14. The van der Waals surface area contributed by atoms with Gasteiger partial charge in [-0.1, -0.05) is 6.42 Å². The summed E-state index contributed by atoms with van der Waals surface area (Å²) in [5, 5.41) is 3.25. The van der Waals surface area contributed by atoms with Gasteiger partial charge >= 0.3 is 0 Å². The fourth-order valence-electron chi connectivity index (χ4n) is 6.52. The Labute approximate surface area is 169 Å². The van der Waals surface area contributed by atoms with E-state index in [1.165, 1.54) is 56.3 Å². The zero-order valence-corrected chi connectivity index (χ0v) is 17.5. The van der Waals surface area contributed by atoms with Crippen LogP contribution in [0.15, 0.2) is 18.2 Å². The predicted molar refractivity (Wildman–Crippen MR) is 115 cm³/mol. The van der Waals surface area contributed by atoms with E-state index in [4.69, 9.17) is 0 Å². The molecule has 4 heteroatoms. The van der Waals surface area contributed by atoms with Crippen LogP contribution in [-0.2, 0) is 4.79 Å². The number of likely N-dealkylation sites (tertiary alicyclic amines) is 1. The molecule has 4 aliphatic rings. The Balaban J connectivity index is 1.22. The highest BCUT2D eigenvalue weighted by Crippen LogP contribution is 2.48. The number of anilines is 2. The van der Waals surface area contributed by atoms with Crippen molar-refractivity contribution in [2.45, 2.75) is 70.9 Å². The standard InChI is InChI=1S/C24H35N3O/c1-16-12-20(26-11-9-21(15-26)27-10-3-4-17(27)2)7-8-23(16)25-24(28)22-14-18-5-6-19(22)13-18/h7-8,12,17-19,21-22H,3-6,9-11,13-15H2,1-2H3,(H,25,28)/t17-,18?,19?,21+,22?/m0/s1. The maximum atomic E-state index is 12.8. The molecule has 1 N–H and O–H groups in total. The normalized spacial score (nSPS) is 35.1. The summed E-state index contributed by atoms with van der Waals surface area (Å²) in [6, 6.07) is 8.05. The van der Waals surface area contributed by atoms with Crippen molar-refractivity contribution in [2.24, 2.45) is 17.8 Å². The third-order valence-corrected chi connectivity index (χ3v) is 8.14. The Morgan fingerprint density at radius 2 is 2.00 bits per heavy atom. The zero-order valence-electron chi connectivity index (χ0n) is 17.5. The summed E-state index contributed by atoms with van der Waals surface area (Å²) < 4.78 is 0. The van der Waals surface area contributed by atoms with Gasteiger partial charge in [0.25, 0.3) is 0 Å². The highest BCUT2D eigenvalue weighted by atomic mass is 16.1. The molecule has 4 nitrogen and oxygen atoms in total. The van der Waals surface area contributed by atoms with Crippen molar-refractivity contribution in [3.63, 3.8) is 0 Å². The molecule has 1 aromatic rings. The minimum absolute atomic E-state index is 0.250. The SMILES string of the molecule is Cc1cc(N2CC[C@@H](N3CCC[C@@H]3C)C2)ccc1NC(=O)C1CC2CCC1C2. The van der Waals surface area contributed by atoms with Gasteiger partial charge < -0.3 is 10.2 Å². The van der Waals surface area contributed by atoms with Crippen LogP contribution in [0, 0.1) is 24.7 Å². The molecule has 5 atom stereocenters. The zero-order chi connectivity index (χ0) is 19.3. The van der Waals surface area contributed by atoms with Gasteiger partial charge in [-0.15, -0.1) is 0 Å². The topological polar surface area (TPSA) is 35.6 Å². The third kappa shape index (κ3) is 3.34. The Kier molecular flexibility index (Phi) is 4.86. The molecule has 0 spiro atoms. The Morgan fingerprint density at radius 1 is 1.11 bits per heavy atom. The largest absolute Gasteiger partial charge is 0.370 e. The molecular weight excluding hydrogens is 346 g/mol. The van der Waals surface area contributed by atoms with E-state index >= 15 is 0 Å². The molecule has 5 rings (SSSR count). The fraction of sp³-hybridized carbons (Fsp3) is 0.708. The molecule has 2 saturated heterocycles. The lowest BCUT2D eigenvalue weighted by atomic mass is 9.88. The minimum atomic E-state index is 0.250. The molecular formula is C24H35N3O. The number of hydrogen-bond donors (Lipinski definition) is 1. The van der Waals surface area contributed by atoms with Crippen LogP contribution in [-0.4, -0.2) is 42.5 Å². The van der Waals surface area contributed by atoms with E-state index < -0.39 is 0 Å². The van der Waals surface area contributed by atoms with Gasteiger partial charge in [-0.25, -0.2) is 0 Å². The summed E-state index contributed by atoms with van der Waals surface area (Å²) in [6.07, 6.45) is 8.97. The van der Waals surface area contributed by atoms with Crippen LogP contribution in [0.1, 0.15) is 57.4 Å². The van der Waals surface area contributed by atoms with Gasteiger partial charge in [-0.05, 0) is 94.5 Å². The van der Waals surface area contributed by atoms with Crippen LogP contribution in [0.4, 0.5) is 11.4 Å². The fourth-order valence-corrected chi connectivity index (χ4v) is 6.52. The average Bonchev–Trinajstić information content (AvgIpc) is 3.47. The monoisotopic (exact) mass is 381 g/mol. The number of benzene rings is 1. The summed E-state index contributed by atoms with van der Waals surface area (Å²) >= 11 is 0. The molecule has 4 fully saturated rings. The Bertz CT molecular complexity index is 747. The first-order valence-electron chi connectivity index (χ1n) is 11.5. The number of fused-ring (bicyclic) bond motifs is 2. The second-order valence-electron chi connectivity index (χ2n) is 9.89. The van der Waals surface area contributed by atoms with Gasteiger partial charge in [-0.2, -0.15) is 0 Å². The number of rotatable bonds is 4. The van der Waals surface area contributed by atoms with Crippen molar-refractivity contribution >= 4 is 17.3 Å². The number of carbonyl (C=O) groups excluding carboxylic acids is 1. The molecule has 0 aromatic heterocycles. The molecule has 2 aliphatic heterocycles. The van der Waals surface area contributed by atoms with Crippen LogP contribution in [0.25, 0.3) is 0 Å². The summed E-state index contributed by atoms with van der Waals surface area (Å²) in [5.74, 6) is 1.96. The first kappa shape index (κ1) is 18.5. The van der Waals surface area contributed by atoms with Crippen molar-refractivity contribution in [1.82, 2.24) is 4.90 Å². The quantitative estimate of drug-likeness (QED) is 0.838. The van der Waals surface area contributed by atoms with Crippen LogP contribution in [0.2, 0.25) is 0 Å². The predicted octanol–water partition coefficient (Wildman–Crippen LogP) is 4.43. The van der Waals surface area contributed by atoms with E-state index in [-0.39, 0.29) is 11.8 Å². The van der Waals surface area contributed by atoms with Crippen molar-refractivity contribution in [2.75, 3.05) is 29.9 Å². The number of hydrogen-bond acceptors (Lipinski definition) is 3. The minimum Gasteiger partial charge on any atom is -0.370 e. The number of nitrogens with one attached hydrogen (secondary N) is 1. The van der Waals surface area contributed by atoms with E-state index in [2.05, 4.69) is 47.2 Å². The Morgan fingerprint density at radius 3 is 2.68 bits per heavy atom. The summed E-state index contributed by atoms with van der Waals surface area (Å²) in [5.41, 5.74) is 3.50. The average molecular weight is 382 g/mol. The lowest BCUT2D eigenvalue weighted by Gasteiger charge is -2.29. The number of aryl methyl sites for hydroxylation is 1. The molecule has 152 valence electrons. The van der Waals surface area contributed by atoms with E-state index in [1.54, 1.807) is 0 Å². The lowest BCUT2D eigenvalue weighted by molar-refractivity contribution is -0.121. The van der Waals surface area contributed by atoms with Crippen molar-refractivity contribution in [3.05, 3.63) is 23.8 Å². The number of nitrogens with zero attached hydrogens (tertiary/aromatic N) is 2. The van der Waals surface area contributed by atoms with Gasteiger partial charge in [0.15, 0.2) is 0 Å². The van der Waals surface area contributed by atoms with E-state index in [0.717, 1.165) is 37.2 Å². The van der Waals surface area contributed by atoms with Gasteiger partial charge in [0, 0.05) is 42.5 Å². The van der Waals surface area contributed by atoms with Crippen LogP contribution >= 0.6 is 0 Å². The highest BCUT2D eigenvalue weighted by Gasteiger charge is 2.43. The van der Waals surface area contributed by atoms with Gasteiger partial charge in [-0.3, -0.25) is 9.69 Å². The van der Waals surface area contributed by atoms with Crippen molar-refractivity contribution < 1.29 is 4.79 Å². The van der Waals surface area contributed by atoms with Crippen LogP contribution in [0.3, 0.4) is 0 Å². The van der Waals surface area contributed by atoms with E-state index in [9.17, 15) is 4.79 Å².